The topological polar surface area (TPSA) is 70.9 Å². The average molecular weight is 306 g/mol. The highest BCUT2D eigenvalue weighted by Crippen LogP contribution is 2.33. The lowest BCUT2D eigenvalue weighted by molar-refractivity contribution is -0.133. The van der Waals surface area contributed by atoms with Crippen molar-refractivity contribution in [3.63, 3.8) is 0 Å². The first-order chi connectivity index (χ1) is 10.1. The summed E-state index contributed by atoms with van der Waals surface area (Å²) < 4.78 is 5.21. The van der Waals surface area contributed by atoms with E-state index in [2.05, 4.69) is 10.3 Å². The van der Waals surface area contributed by atoms with E-state index in [1.165, 1.54) is 0 Å². The van der Waals surface area contributed by atoms with E-state index >= 15 is 0 Å². The Morgan fingerprint density at radius 2 is 2.29 bits per heavy atom. The number of benzene rings is 1. The van der Waals surface area contributed by atoms with E-state index in [9.17, 15) is 9.90 Å². The van der Waals surface area contributed by atoms with E-state index in [1.807, 2.05) is 31.2 Å². The largest absolute Gasteiger partial charge is 0.497 e. The SMILES string of the molecule is CCSC1=NC(c2cccc(OC)c2)C(C(=O)O)=C(C)N1. The van der Waals surface area contributed by atoms with Crippen LogP contribution in [0.25, 0.3) is 0 Å². The third-order valence-corrected chi connectivity index (χ3v) is 3.91. The summed E-state index contributed by atoms with van der Waals surface area (Å²) in [4.78, 5) is 16.1. The zero-order valence-corrected chi connectivity index (χ0v) is 13.0. The van der Waals surface area contributed by atoms with Gasteiger partial charge in [0.15, 0.2) is 5.17 Å². The number of amidine groups is 1. The summed E-state index contributed by atoms with van der Waals surface area (Å²) in [5, 5.41) is 13.3. The maximum absolute atomic E-state index is 11.6. The molecule has 0 bridgehead atoms. The molecule has 0 saturated carbocycles. The highest BCUT2D eigenvalue weighted by molar-refractivity contribution is 8.13. The predicted octanol–water partition coefficient (Wildman–Crippen LogP) is 2.81. The monoisotopic (exact) mass is 306 g/mol. The number of carbonyl (C=O) groups is 1. The van der Waals surface area contributed by atoms with Crippen LogP contribution in [0.4, 0.5) is 0 Å². The standard InChI is InChI=1S/C15H18N2O3S/c1-4-21-15-16-9(2)12(14(18)19)13(17-15)10-6-5-7-11(8-10)20-3/h5-8,13H,4H2,1-3H3,(H,16,17)(H,18,19). The minimum atomic E-state index is -0.961. The average Bonchev–Trinajstić information content (AvgIpc) is 2.46. The number of carboxylic acid groups (broad SMARTS) is 1. The van der Waals surface area contributed by atoms with E-state index in [0.29, 0.717) is 11.4 Å². The first-order valence-electron chi connectivity index (χ1n) is 6.62. The molecule has 1 aromatic rings. The minimum absolute atomic E-state index is 0.267. The third-order valence-electron chi connectivity index (χ3n) is 3.14. The number of aliphatic carboxylic acids is 1. The van der Waals surface area contributed by atoms with Crippen molar-refractivity contribution >= 4 is 22.9 Å². The van der Waals surface area contributed by atoms with Gasteiger partial charge in [-0.1, -0.05) is 30.8 Å². The molecule has 1 unspecified atom stereocenters. The Hall–Kier alpha value is -1.95. The zero-order chi connectivity index (χ0) is 15.4. The molecule has 2 rings (SSSR count). The fraction of sp³-hybridized carbons (Fsp3) is 0.333. The number of nitrogens with one attached hydrogen (secondary N) is 1. The molecule has 1 aliphatic heterocycles. The van der Waals surface area contributed by atoms with Crippen molar-refractivity contribution in [1.82, 2.24) is 5.32 Å². The van der Waals surface area contributed by atoms with Crippen molar-refractivity contribution in [2.24, 2.45) is 4.99 Å². The second-order valence-electron chi connectivity index (χ2n) is 4.52. The van der Waals surface area contributed by atoms with Crippen LogP contribution in [0.5, 0.6) is 5.75 Å². The quantitative estimate of drug-likeness (QED) is 0.895. The van der Waals surface area contributed by atoms with Gasteiger partial charge < -0.3 is 15.2 Å². The van der Waals surface area contributed by atoms with Gasteiger partial charge in [-0.2, -0.15) is 0 Å². The number of nitrogens with zero attached hydrogens (tertiary/aromatic N) is 1. The van der Waals surface area contributed by atoms with Crippen molar-refractivity contribution in [1.29, 1.82) is 0 Å². The first kappa shape index (κ1) is 15.4. The van der Waals surface area contributed by atoms with Gasteiger partial charge in [-0.3, -0.25) is 0 Å². The van der Waals surface area contributed by atoms with Gasteiger partial charge in [0.2, 0.25) is 0 Å². The van der Waals surface area contributed by atoms with Gasteiger partial charge in [0.05, 0.1) is 12.7 Å². The summed E-state index contributed by atoms with van der Waals surface area (Å²) in [6.07, 6.45) is 0. The molecule has 2 N–H and O–H groups in total. The third kappa shape index (κ3) is 3.39. The van der Waals surface area contributed by atoms with Crippen LogP contribution in [-0.2, 0) is 4.79 Å². The summed E-state index contributed by atoms with van der Waals surface area (Å²) in [5.74, 6) is 0.595. The number of hydrogen-bond acceptors (Lipinski definition) is 5. The van der Waals surface area contributed by atoms with Crippen LogP contribution in [0.2, 0.25) is 0 Å². The van der Waals surface area contributed by atoms with Gasteiger partial charge in [-0.05, 0) is 30.4 Å². The molecule has 0 aliphatic carbocycles. The maximum Gasteiger partial charge on any atom is 0.335 e. The van der Waals surface area contributed by atoms with Crippen molar-refractivity contribution in [2.45, 2.75) is 19.9 Å². The molecule has 0 spiro atoms. The Morgan fingerprint density at radius 3 is 2.90 bits per heavy atom. The maximum atomic E-state index is 11.6. The van der Waals surface area contributed by atoms with Gasteiger partial charge >= 0.3 is 5.97 Å². The minimum Gasteiger partial charge on any atom is -0.497 e. The van der Waals surface area contributed by atoms with Crippen molar-refractivity contribution in [3.05, 3.63) is 41.1 Å². The van der Waals surface area contributed by atoms with Crippen LogP contribution in [-0.4, -0.2) is 29.1 Å². The molecule has 1 heterocycles. The Bertz CT molecular complexity index is 611. The Balaban J connectivity index is 2.47. The molecule has 5 nitrogen and oxygen atoms in total. The van der Waals surface area contributed by atoms with Crippen LogP contribution in [0.15, 0.2) is 40.5 Å². The smallest absolute Gasteiger partial charge is 0.335 e. The van der Waals surface area contributed by atoms with Crippen molar-refractivity contribution in [3.8, 4) is 5.75 Å². The normalized spacial score (nSPS) is 18.0. The van der Waals surface area contributed by atoms with Crippen LogP contribution in [0.1, 0.15) is 25.5 Å². The highest BCUT2D eigenvalue weighted by Gasteiger charge is 2.29. The highest BCUT2D eigenvalue weighted by atomic mass is 32.2. The van der Waals surface area contributed by atoms with Gasteiger partial charge in [0.25, 0.3) is 0 Å². The van der Waals surface area contributed by atoms with E-state index in [4.69, 9.17) is 4.74 Å². The summed E-state index contributed by atoms with van der Waals surface area (Å²) >= 11 is 1.56. The van der Waals surface area contributed by atoms with Gasteiger partial charge in [0, 0.05) is 5.70 Å². The van der Waals surface area contributed by atoms with E-state index in [0.717, 1.165) is 16.5 Å². The Kier molecular flexibility index (Phi) is 4.90. The molecule has 0 aromatic heterocycles. The molecular formula is C15H18N2O3S. The summed E-state index contributed by atoms with van der Waals surface area (Å²) in [5.41, 5.74) is 1.70. The second kappa shape index (κ2) is 6.67. The lowest BCUT2D eigenvalue weighted by Crippen LogP contribution is -2.29. The molecule has 6 heteroatoms. The lowest BCUT2D eigenvalue weighted by Gasteiger charge is -2.24. The molecule has 0 radical (unpaired) electrons. The molecule has 1 aromatic carbocycles. The molecule has 21 heavy (non-hydrogen) atoms. The summed E-state index contributed by atoms with van der Waals surface area (Å²) in [6.45, 7) is 3.79. The Morgan fingerprint density at radius 1 is 1.52 bits per heavy atom. The van der Waals surface area contributed by atoms with Crippen LogP contribution in [0.3, 0.4) is 0 Å². The summed E-state index contributed by atoms with van der Waals surface area (Å²) in [7, 11) is 1.59. The van der Waals surface area contributed by atoms with Gasteiger partial charge in [-0.15, -0.1) is 0 Å². The number of carboxylic acids is 1. The molecular weight excluding hydrogens is 288 g/mol. The van der Waals surface area contributed by atoms with Crippen LogP contribution in [0, 0.1) is 0 Å². The van der Waals surface area contributed by atoms with E-state index < -0.39 is 12.0 Å². The zero-order valence-electron chi connectivity index (χ0n) is 12.2. The molecule has 1 atom stereocenters. The van der Waals surface area contributed by atoms with Gasteiger partial charge in [-0.25, -0.2) is 9.79 Å². The molecule has 0 saturated heterocycles. The van der Waals surface area contributed by atoms with Crippen molar-refractivity contribution in [2.75, 3.05) is 12.9 Å². The number of rotatable bonds is 4. The number of methoxy groups -OCH3 is 1. The fourth-order valence-corrected chi connectivity index (χ4v) is 2.87. The first-order valence-corrected chi connectivity index (χ1v) is 7.61. The molecule has 112 valence electrons. The molecule has 0 amide bonds. The van der Waals surface area contributed by atoms with Gasteiger partial charge in [0.1, 0.15) is 11.8 Å². The molecule has 1 aliphatic rings. The predicted molar refractivity (Wildman–Crippen MR) is 84.8 cm³/mol. The van der Waals surface area contributed by atoms with Crippen molar-refractivity contribution < 1.29 is 14.6 Å². The lowest BCUT2D eigenvalue weighted by atomic mass is 9.96. The molecule has 0 fully saturated rings. The number of aliphatic imine (C=N–C) groups is 1. The second-order valence-corrected chi connectivity index (χ2v) is 5.77. The van der Waals surface area contributed by atoms with Crippen LogP contribution >= 0.6 is 11.8 Å². The van der Waals surface area contributed by atoms with Crippen LogP contribution < -0.4 is 10.1 Å². The number of ether oxygens (including phenoxy) is 1. The van der Waals surface area contributed by atoms with E-state index in [-0.39, 0.29) is 5.57 Å². The summed E-state index contributed by atoms with van der Waals surface area (Å²) in [6, 6.07) is 6.84. The number of allylic oxidation sites excluding steroid dienone is 1. The van der Waals surface area contributed by atoms with E-state index in [1.54, 1.807) is 25.8 Å². The Labute approximate surface area is 128 Å². The fourth-order valence-electron chi connectivity index (χ4n) is 2.19. The number of thioether (sulfide) groups is 1. The number of hydrogen-bond donors (Lipinski definition) is 2.